The molecule has 0 saturated heterocycles. The average Bonchev–Trinajstić information content (AvgIpc) is 2.56. The Balaban J connectivity index is 2.66. The number of hydrogen-bond acceptors (Lipinski definition) is 4. The van der Waals surface area contributed by atoms with Gasteiger partial charge in [0.1, 0.15) is 5.75 Å². The summed E-state index contributed by atoms with van der Waals surface area (Å²) in [4.78, 5) is 0.972. The predicted molar refractivity (Wildman–Crippen MR) is 57.2 cm³/mol. The number of nitrogen functional groups attached to an aromatic ring is 1. The van der Waals surface area contributed by atoms with Crippen LogP contribution in [-0.2, 0) is 6.42 Å². The van der Waals surface area contributed by atoms with Crippen LogP contribution >= 0.6 is 11.3 Å². The highest BCUT2D eigenvalue weighted by Crippen LogP contribution is 2.35. The van der Waals surface area contributed by atoms with E-state index < -0.39 is 0 Å². The van der Waals surface area contributed by atoms with Crippen molar-refractivity contribution in [2.24, 2.45) is 0 Å². The third kappa shape index (κ3) is 1.28. The number of fused-ring (bicyclic) bond motifs is 1. The lowest BCUT2D eigenvalue weighted by molar-refractivity contribution is 0.479. The van der Waals surface area contributed by atoms with E-state index in [4.69, 9.17) is 11.0 Å². The lowest BCUT2D eigenvalue weighted by Crippen LogP contribution is -1.84. The van der Waals surface area contributed by atoms with E-state index in [-0.39, 0.29) is 5.75 Å². The fourth-order valence-corrected chi connectivity index (χ4v) is 2.35. The van der Waals surface area contributed by atoms with Gasteiger partial charge in [0.2, 0.25) is 0 Å². The van der Waals surface area contributed by atoms with Crippen molar-refractivity contribution >= 4 is 27.1 Å². The van der Waals surface area contributed by atoms with Crippen molar-refractivity contribution in [1.82, 2.24) is 0 Å². The van der Waals surface area contributed by atoms with E-state index in [1.54, 1.807) is 6.07 Å². The zero-order chi connectivity index (χ0) is 10.1. The van der Waals surface area contributed by atoms with Crippen molar-refractivity contribution in [1.29, 1.82) is 5.26 Å². The van der Waals surface area contributed by atoms with Gasteiger partial charge in [0.25, 0.3) is 0 Å². The van der Waals surface area contributed by atoms with E-state index in [1.165, 1.54) is 11.3 Å². The molecule has 0 bridgehead atoms. The van der Waals surface area contributed by atoms with Gasteiger partial charge in [-0.3, -0.25) is 0 Å². The number of benzene rings is 1. The SMILES string of the molecule is N#CCc1cc2c(N)c(O)ccc2s1. The highest BCUT2D eigenvalue weighted by molar-refractivity contribution is 7.19. The summed E-state index contributed by atoms with van der Waals surface area (Å²) in [7, 11) is 0. The Hall–Kier alpha value is -1.73. The molecule has 1 aromatic carbocycles. The van der Waals surface area contributed by atoms with Gasteiger partial charge >= 0.3 is 0 Å². The highest BCUT2D eigenvalue weighted by Gasteiger charge is 2.07. The maximum absolute atomic E-state index is 9.37. The van der Waals surface area contributed by atoms with Crippen molar-refractivity contribution in [2.45, 2.75) is 6.42 Å². The first-order chi connectivity index (χ1) is 6.72. The normalized spacial score (nSPS) is 10.2. The van der Waals surface area contributed by atoms with Crippen LogP contribution < -0.4 is 5.73 Å². The van der Waals surface area contributed by atoms with Crippen LogP contribution in [0.5, 0.6) is 5.75 Å². The molecule has 0 aliphatic heterocycles. The fraction of sp³-hybridized carbons (Fsp3) is 0.100. The van der Waals surface area contributed by atoms with Gasteiger partial charge in [-0.15, -0.1) is 11.3 Å². The van der Waals surface area contributed by atoms with Gasteiger partial charge in [0.05, 0.1) is 18.2 Å². The van der Waals surface area contributed by atoms with Gasteiger partial charge in [-0.25, -0.2) is 0 Å². The Morgan fingerprint density at radius 3 is 3.00 bits per heavy atom. The first-order valence-electron chi connectivity index (χ1n) is 4.09. The molecule has 0 saturated carbocycles. The number of thiophene rings is 1. The zero-order valence-electron chi connectivity index (χ0n) is 7.32. The summed E-state index contributed by atoms with van der Waals surface area (Å²) in [5, 5.41) is 18.7. The summed E-state index contributed by atoms with van der Waals surface area (Å²) in [5.74, 6) is 0.0961. The molecular weight excluding hydrogens is 196 g/mol. The molecule has 0 radical (unpaired) electrons. The third-order valence-electron chi connectivity index (χ3n) is 2.02. The number of aromatic hydroxyl groups is 1. The Bertz CT molecular complexity index is 525. The van der Waals surface area contributed by atoms with Crippen LogP contribution in [-0.4, -0.2) is 5.11 Å². The third-order valence-corrected chi connectivity index (χ3v) is 3.12. The summed E-state index contributed by atoms with van der Waals surface area (Å²) in [5.41, 5.74) is 6.09. The van der Waals surface area contributed by atoms with Crippen LogP contribution in [0.25, 0.3) is 10.1 Å². The first-order valence-corrected chi connectivity index (χ1v) is 4.91. The van der Waals surface area contributed by atoms with Crippen molar-refractivity contribution in [3.63, 3.8) is 0 Å². The number of nitrogens with zero attached hydrogens (tertiary/aromatic N) is 1. The molecule has 0 spiro atoms. The average molecular weight is 204 g/mol. The quantitative estimate of drug-likeness (QED) is 0.553. The maximum atomic E-state index is 9.37. The van der Waals surface area contributed by atoms with Gasteiger partial charge in [-0.05, 0) is 18.2 Å². The van der Waals surface area contributed by atoms with E-state index in [0.717, 1.165) is 15.0 Å². The number of phenols is 1. The van der Waals surface area contributed by atoms with Crippen molar-refractivity contribution in [3.05, 3.63) is 23.1 Å². The Morgan fingerprint density at radius 1 is 1.50 bits per heavy atom. The second kappa shape index (κ2) is 3.20. The first kappa shape index (κ1) is 8.85. The Morgan fingerprint density at radius 2 is 2.29 bits per heavy atom. The number of rotatable bonds is 1. The van der Waals surface area contributed by atoms with Crippen molar-refractivity contribution in [2.75, 3.05) is 5.73 Å². The summed E-state index contributed by atoms with van der Waals surface area (Å²) >= 11 is 1.53. The fourth-order valence-electron chi connectivity index (χ4n) is 1.34. The molecule has 0 fully saturated rings. The van der Waals surface area contributed by atoms with Crippen molar-refractivity contribution < 1.29 is 5.11 Å². The molecule has 2 aromatic rings. The summed E-state index contributed by atoms with van der Waals surface area (Å²) in [6.07, 6.45) is 0.388. The zero-order valence-corrected chi connectivity index (χ0v) is 8.14. The van der Waals surface area contributed by atoms with E-state index in [2.05, 4.69) is 6.07 Å². The number of nitriles is 1. The van der Waals surface area contributed by atoms with E-state index >= 15 is 0 Å². The van der Waals surface area contributed by atoms with Crippen LogP contribution in [0.3, 0.4) is 0 Å². The Labute approximate surface area is 85.0 Å². The van der Waals surface area contributed by atoms with Crippen LogP contribution in [0.2, 0.25) is 0 Å². The molecule has 0 atom stereocenters. The predicted octanol–water partition coefficient (Wildman–Crippen LogP) is 2.26. The molecule has 4 heteroatoms. The molecule has 0 amide bonds. The summed E-state index contributed by atoms with van der Waals surface area (Å²) in [6.45, 7) is 0. The van der Waals surface area contributed by atoms with Crippen LogP contribution in [0.1, 0.15) is 4.88 Å². The van der Waals surface area contributed by atoms with Crippen LogP contribution in [0.15, 0.2) is 18.2 Å². The smallest absolute Gasteiger partial charge is 0.139 e. The molecule has 1 heterocycles. The highest BCUT2D eigenvalue weighted by atomic mass is 32.1. The van der Waals surface area contributed by atoms with Gasteiger partial charge in [0.15, 0.2) is 0 Å². The van der Waals surface area contributed by atoms with Crippen molar-refractivity contribution in [3.8, 4) is 11.8 Å². The van der Waals surface area contributed by atoms with Gasteiger partial charge < -0.3 is 10.8 Å². The molecule has 3 N–H and O–H groups in total. The molecule has 1 aromatic heterocycles. The molecule has 0 unspecified atom stereocenters. The van der Waals surface area contributed by atoms with Gasteiger partial charge in [-0.2, -0.15) is 5.26 Å². The van der Waals surface area contributed by atoms with Gasteiger partial charge in [-0.1, -0.05) is 0 Å². The standard InChI is InChI=1S/C10H8N2OS/c11-4-3-6-5-7-9(14-6)2-1-8(13)10(7)12/h1-2,5,13H,3,12H2. The molecule has 0 aliphatic rings. The molecule has 3 nitrogen and oxygen atoms in total. The van der Waals surface area contributed by atoms with E-state index in [9.17, 15) is 5.11 Å². The summed E-state index contributed by atoms with van der Waals surface area (Å²) < 4.78 is 1.01. The molecule has 70 valence electrons. The second-order valence-electron chi connectivity index (χ2n) is 2.96. The minimum Gasteiger partial charge on any atom is -0.506 e. The topological polar surface area (TPSA) is 70.0 Å². The lowest BCUT2D eigenvalue weighted by Gasteiger charge is -1.98. The van der Waals surface area contributed by atoms with E-state index in [1.807, 2.05) is 12.1 Å². The lowest BCUT2D eigenvalue weighted by atomic mass is 10.2. The number of anilines is 1. The maximum Gasteiger partial charge on any atom is 0.139 e. The summed E-state index contributed by atoms with van der Waals surface area (Å²) in [6, 6.07) is 7.33. The van der Waals surface area contributed by atoms with Crippen LogP contribution in [0.4, 0.5) is 5.69 Å². The number of nitrogens with two attached hydrogens (primary N) is 1. The molecule has 0 aliphatic carbocycles. The second-order valence-corrected chi connectivity index (χ2v) is 4.13. The van der Waals surface area contributed by atoms with E-state index in [0.29, 0.717) is 12.1 Å². The monoisotopic (exact) mass is 204 g/mol. The molecular formula is C10H8N2OS. The number of hydrogen-bond donors (Lipinski definition) is 2. The minimum absolute atomic E-state index is 0.0961. The minimum atomic E-state index is 0.0961. The van der Waals surface area contributed by atoms with Crippen LogP contribution in [0, 0.1) is 11.3 Å². The Kier molecular flexibility index (Phi) is 2.02. The molecule has 14 heavy (non-hydrogen) atoms. The van der Waals surface area contributed by atoms with Gasteiger partial charge in [0, 0.05) is 15.0 Å². The largest absolute Gasteiger partial charge is 0.506 e. The molecule has 2 rings (SSSR count). The number of phenolic OH excluding ortho intramolecular Hbond substituents is 1.